The standard InChI is InChI=1S/C20H23ClN2O4S/c1-27-19-9-7-16(13-18(19)21)23-20(24)10-11-22-28(25,26)17-8-6-14-4-2-3-5-15(14)12-17/h6-9,12-13,22H,2-5,10-11H2,1H3,(H,23,24). The van der Waals surface area contributed by atoms with Crippen molar-refractivity contribution in [1.82, 2.24) is 4.72 Å². The van der Waals surface area contributed by atoms with Gasteiger partial charge in [-0.25, -0.2) is 13.1 Å². The van der Waals surface area contributed by atoms with Crippen LogP contribution >= 0.6 is 11.6 Å². The summed E-state index contributed by atoms with van der Waals surface area (Å²) in [7, 11) is -2.14. The highest BCUT2D eigenvalue weighted by molar-refractivity contribution is 7.89. The van der Waals surface area contributed by atoms with Gasteiger partial charge in [0.25, 0.3) is 0 Å². The fraction of sp³-hybridized carbons (Fsp3) is 0.350. The van der Waals surface area contributed by atoms with Crippen LogP contribution in [0, 0.1) is 0 Å². The van der Waals surface area contributed by atoms with Gasteiger partial charge in [-0.3, -0.25) is 4.79 Å². The van der Waals surface area contributed by atoms with Gasteiger partial charge in [0.05, 0.1) is 17.0 Å². The number of carbonyl (C=O) groups excluding carboxylic acids is 1. The second kappa shape index (κ2) is 8.94. The van der Waals surface area contributed by atoms with Crippen molar-refractivity contribution in [2.24, 2.45) is 0 Å². The van der Waals surface area contributed by atoms with E-state index in [1.807, 2.05) is 6.07 Å². The Morgan fingerprint density at radius 3 is 2.57 bits per heavy atom. The topological polar surface area (TPSA) is 84.5 Å². The van der Waals surface area contributed by atoms with Crippen molar-refractivity contribution in [3.63, 3.8) is 0 Å². The molecule has 3 rings (SSSR count). The molecule has 0 aliphatic heterocycles. The fourth-order valence-corrected chi connectivity index (χ4v) is 4.57. The third-order valence-corrected chi connectivity index (χ3v) is 6.46. The predicted molar refractivity (Wildman–Crippen MR) is 110 cm³/mol. The van der Waals surface area contributed by atoms with Crippen molar-refractivity contribution in [2.45, 2.75) is 37.0 Å². The second-order valence-electron chi connectivity index (χ2n) is 6.68. The van der Waals surface area contributed by atoms with Crippen molar-refractivity contribution < 1.29 is 17.9 Å². The van der Waals surface area contributed by atoms with E-state index in [0.717, 1.165) is 31.2 Å². The lowest BCUT2D eigenvalue weighted by Gasteiger charge is -2.16. The van der Waals surface area contributed by atoms with Crippen LogP contribution in [0.2, 0.25) is 5.02 Å². The maximum atomic E-state index is 12.5. The number of methoxy groups -OCH3 is 1. The molecular formula is C20H23ClN2O4S. The van der Waals surface area contributed by atoms with Crippen molar-refractivity contribution in [3.05, 3.63) is 52.5 Å². The van der Waals surface area contributed by atoms with E-state index < -0.39 is 10.0 Å². The van der Waals surface area contributed by atoms with E-state index in [-0.39, 0.29) is 23.8 Å². The Kier molecular flexibility index (Phi) is 6.59. The molecule has 1 amide bonds. The zero-order valence-electron chi connectivity index (χ0n) is 15.6. The number of halogens is 1. The highest BCUT2D eigenvalue weighted by atomic mass is 35.5. The minimum Gasteiger partial charge on any atom is -0.495 e. The molecule has 2 aromatic rings. The number of aryl methyl sites for hydroxylation is 2. The molecule has 1 aliphatic rings. The van der Waals surface area contributed by atoms with E-state index in [2.05, 4.69) is 10.0 Å². The molecule has 0 fully saturated rings. The average molecular weight is 423 g/mol. The minimum absolute atomic E-state index is 0.00776. The van der Waals surface area contributed by atoms with Crippen molar-refractivity contribution in [3.8, 4) is 5.75 Å². The first-order valence-corrected chi connectivity index (χ1v) is 11.0. The molecule has 2 aromatic carbocycles. The van der Waals surface area contributed by atoms with Crippen LogP contribution in [-0.2, 0) is 27.7 Å². The monoisotopic (exact) mass is 422 g/mol. The molecule has 0 unspecified atom stereocenters. The van der Waals surface area contributed by atoms with Gasteiger partial charge in [0.1, 0.15) is 5.75 Å². The number of hydrogen-bond donors (Lipinski definition) is 2. The summed E-state index contributed by atoms with van der Waals surface area (Å²) in [5.74, 6) is 0.201. The summed E-state index contributed by atoms with van der Waals surface area (Å²) in [5, 5.41) is 3.07. The number of rotatable bonds is 7. The first-order chi connectivity index (χ1) is 13.4. The van der Waals surface area contributed by atoms with E-state index in [0.29, 0.717) is 16.5 Å². The van der Waals surface area contributed by atoms with Crippen LogP contribution in [-0.4, -0.2) is 28.0 Å². The Labute approximate surface area is 170 Å². The number of anilines is 1. The molecule has 0 saturated carbocycles. The third-order valence-electron chi connectivity index (χ3n) is 4.71. The highest BCUT2D eigenvalue weighted by Gasteiger charge is 2.18. The van der Waals surface area contributed by atoms with E-state index in [9.17, 15) is 13.2 Å². The van der Waals surface area contributed by atoms with Crippen LogP contribution in [0.4, 0.5) is 5.69 Å². The number of carbonyl (C=O) groups is 1. The van der Waals surface area contributed by atoms with E-state index in [1.165, 1.54) is 12.7 Å². The summed E-state index contributed by atoms with van der Waals surface area (Å²) < 4.78 is 32.6. The van der Waals surface area contributed by atoms with Gasteiger partial charge in [-0.2, -0.15) is 0 Å². The molecule has 0 radical (unpaired) electrons. The molecule has 0 spiro atoms. The maximum absolute atomic E-state index is 12.5. The summed E-state index contributed by atoms with van der Waals surface area (Å²) in [6.07, 6.45) is 4.14. The Bertz CT molecular complexity index is 976. The molecule has 2 N–H and O–H groups in total. The lowest BCUT2D eigenvalue weighted by Crippen LogP contribution is -2.28. The van der Waals surface area contributed by atoms with Crippen LogP contribution in [0.25, 0.3) is 0 Å². The van der Waals surface area contributed by atoms with Crippen LogP contribution in [0.1, 0.15) is 30.4 Å². The predicted octanol–water partition coefficient (Wildman–Crippen LogP) is 3.53. The summed E-state index contributed by atoms with van der Waals surface area (Å²) >= 11 is 6.03. The number of fused-ring (bicyclic) bond motifs is 1. The van der Waals surface area contributed by atoms with Gasteiger partial charge in [0, 0.05) is 18.7 Å². The first-order valence-electron chi connectivity index (χ1n) is 9.14. The van der Waals surface area contributed by atoms with Gasteiger partial charge in [-0.15, -0.1) is 0 Å². The Hall–Kier alpha value is -2.09. The zero-order valence-corrected chi connectivity index (χ0v) is 17.2. The van der Waals surface area contributed by atoms with Gasteiger partial charge >= 0.3 is 0 Å². The van der Waals surface area contributed by atoms with Crippen molar-refractivity contribution >= 4 is 33.2 Å². The van der Waals surface area contributed by atoms with Gasteiger partial charge < -0.3 is 10.1 Å². The number of nitrogens with one attached hydrogen (secondary N) is 2. The molecule has 0 atom stereocenters. The summed E-state index contributed by atoms with van der Waals surface area (Å²) in [6.45, 7) is 0.00907. The Morgan fingerprint density at radius 2 is 1.86 bits per heavy atom. The fourth-order valence-electron chi connectivity index (χ4n) is 3.23. The van der Waals surface area contributed by atoms with E-state index in [1.54, 1.807) is 30.3 Å². The molecule has 8 heteroatoms. The second-order valence-corrected chi connectivity index (χ2v) is 8.86. The molecule has 0 heterocycles. The largest absolute Gasteiger partial charge is 0.495 e. The molecule has 0 saturated heterocycles. The third kappa shape index (κ3) is 5.04. The maximum Gasteiger partial charge on any atom is 0.240 e. The average Bonchev–Trinajstić information content (AvgIpc) is 2.67. The Balaban J connectivity index is 1.55. The molecule has 28 heavy (non-hydrogen) atoms. The molecule has 1 aliphatic carbocycles. The van der Waals surface area contributed by atoms with Gasteiger partial charge in [-0.1, -0.05) is 17.7 Å². The lowest BCUT2D eigenvalue weighted by molar-refractivity contribution is -0.116. The smallest absolute Gasteiger partial charge is 0.240 e. The summed E-state index contributed by atoms with van der Waals surface area (Å²) in [5.41, 5.74) is 2.85. The molecule has 0 bridgehead atoms. The number of sulfonamides is 1. The van der Waals surface area contributed by atoms with Gasteiger partial charge in [0.15, 0.2) is 0 Å². The lowest BCUT2D eigenvalue weighted by atomic mass is 9.92. The quantitative estimate of drug-likeness (QED) is 0.714. The van der Waals surface area contributed by atoms with Crippen LogP contribution in [0.15, 0.2) is 41.3 Å². The van der Waals surface area contributed by atoms with Gasteiger partial charge in [-0.05, 0) is 67.1 Å². The number of ether oxygens (including phenoxy) is 1. The van der Waals surface area contributed by atoms with E-state index >= 15 is 0 Å². The molecule has 6 nitrogen and oxygen atoms in total. The molecular weight excluding hydrogens is 400 g/mol. The minimum atomic E-state index is -3.65. The van der Waals surface area contributed by atoms with Crippen LogP contribution in [0.5, 0.6) is 5.75 Å². The number of benzene rings is 2. The SMILES string of the molecule is COc1ccc(NC(=O)CCNS(=O)(=O)c2ccc3c(c2)CCCC3)cc1Cl. The molecule has 0 aromatic heterocycles. The van der Waals surface area contributed by atoms with Crippen LogP contribution < -0.4 is 14.8 Å². The van der Waals surface area contributed by atoms with Crippen molar-refractivity contribution in [2.75, 3.05) is 19.0 Å². The Morgan fingerprint density at radius 1 is 1.11 bits per heavy atom. The first kappa shape index (κ1) is 20.6. The summed E-state index contributed by atoms with van der Waals surface area (Å²) in [6, 6.07) is 10.2. The number of hydrogen-bond acceptors (Lipinski definition) is 4. The van der Waals surface area contributed by atoms with E-state index in [4.69, 9.17) is 16.3 Å². The number of amides is 1. The summed E-state index contributed by atoms with van der Waals surface area (Å²) in [4.78, 5) is 12.3. The molecule has 150 valence electrons. The normalized spacial score (nSPS) is 13.6. The van der Waals surface area contributed by atoms with Gasteiger partial charge in [0.2, 0.25) is 15.9 Å². The van der Waals surface area contributed by atoms with Crippen LogP contribution in [0.3, 0.4) is 0 Å². The highest BCUT2D eigenvalue weighted by Crippen LogP contribution is 2.27. The van der Waals surface area contributed by atoms with Crippen molar-refractivity contribution in [1.29, 1.82) is 0 Å². The zero-order chi connectivity index (χ0) is 20.1.